The van der Waals surface area contributed by atoms with E-state index in [1.807, 2.05) is 36.4 Å². The Morgan fingerprint density at radius 2 is 1.43 bits per heavy atom. The zero-order chi connectivity index (χ0) is 31.0. The largest absolute Gasteiger partial charge is 0.456 e. The van der Waals surface area contributed by atoms with Gasteiger partial charge in [0.2, 0.25) is 0 Å². The number of ether oxygens (including phenoxy) is 1. The van der Waals surface area contributed by atoms with Crippen LogP contribution in [-0.4, -0.2) is 11.6 Å². The number of hydrogen-bond donors (Lipinski definition) is 0. The number of allylic oxidation sites excluding steroid dienone is 1. The zero-order valence-electron chi connectivity index (χ0n) is 25.9. The second-order valence-electron chi connectivity index (χ2n) is 13.9. The molecule has 44 heavy (non-hydrogen) atoms. The lowest BCUT2D eigenvalue weighted by atomic mass is 9.75. The van der Waals surface area contributed by atoms with Crippen molar-refractivity contribution in [2.24, 2.45) is 5.92 Å². The minimum Gasteiger partial charge on any atom is -0.456 e. The summed E-state index contributed by atoms with van der Waals surface area (Å²) in [6, 6.07) is 26.1. The van der Waals surface area contributed by atoms with E-state index < -0.39 is 5.92 Å². The molecule has 4 nitrogen and oxygen atoms in total. The van der Waals surface area contributed by atoms with Crippen molar-refractivity contribution < 1.29 is 18.7 Å². The molecule has 4 aromatic carbocycles. The van der Waals surface area contributed by atoms with E-state index in [2.05, 4.69) is 90.1 Å². The molecule has 1 aliphatic carbocycles. The van der Waals surface area contributed by atoms with Crippen LogP contribution in [0.2, 0.25) is 0 Å². The first-order valence-corrected chi connectivity index (χ1v) is 15.1. The molecule has 5 aromatic rings. The van der Waals surface area contributed by atoms with Crippen LogP contribution < -0.4 is 15.2 Å². The van der Waals surface area contributed by atoms with Gasteiger partial charge in [0, 0.05) is 22.9 Å². The maximum absolute atomic E-state index is 13.4. The van der Waals surface area contributed by atoms with E-state index in [9.17, 15) is 9.59 Å². The molecule has 218 valence electrons. The first-order valence-electron chi connectivity index (χ1n) is 15.1. The Labute approximate surface area is 257 Å². The molecule has 0 atom stereocenters. The zero-order valence-corrected chi connectivity index (χ0v) is 25.9. The molecule has 0 radical (unpaired) electrons. The normalized spacial score (nSPS) is 16.7. The van der Waals surface area contributed by atoms with Gasteiger partial charge in [0.05, 0.1) is 16.3 Å². The van der Waals surface area contributed by atoms with E-state index in [1.165, 1.54) is 11.1 Å². The predicted octanol–water partition coefficient (Wildman–Crippen LogP) is 8.03. The number of hydrogen-bond acceptors (Lipinski definition) is 3. The number of carbonyl (C=O) groups is 2. The lowest BCUT2D eigenvalue weighted by Gasteiger charge is -2.24. The molecule has 2 heterocycles. The van der Waals surface area contributed by atoms with E-state index >= 15 is 0 Å². The van der Waals surface area contributed by atoms with Crippen molar-refractivity contribution in [3.8, 4) is 11.5 Å². The number of carbonyl (C=O) groups excluding carboxylic acids is 2. The Hall–Kier alpha value is -4.83. The molecule has 0 unspecified atom stereocenters. The van der Waals surface area contributed by atoms with Crippen molar-refractivity contribution in [3.63, 3.8) is 0 Å². The number of ketones is 2. The van der Waals surface area contributed by atoms with Crippen molar-refractivity contribution in [3.05, 3.63) is 117 Å². The number of Topliss-reactive ketones (excluding diaryl/α,β-unsaturated/α-hetero) is 2. The smallest absolute Gasteiger partial charge is 0.361 e. The van der Waals surface area contributed by atoms with Crippen LogP contribution >= 0.6 is 0 Å². The Morgan fingerprint density at radius 1 is 0.727 bits per heavy atom. The molecule has 0 spiro atoms. The summed E-state index contributed by atoms with van der Waals surface area (Å²) in [6.45, 7) is 13.1. The van der Waals surface area contributed by atoms with Gasteiger partial charge in [-0.2, -0.15) is 0 Å². The highest BCUT2D eigenvalue weighted by atomic mass is 16.5. The highest BCUT2D eigenvalue weighted by Crippen LogP contribution is 2.35. The molecule has 0 saturated heterocycles. The van der Waals surface area contributed by atoms with E-state index in [0.717, 1.165) is 43.7 Å². The van der Waals surface area contributed by atoms with Gasteiger partial charge in [0.15, 0.2) is 11.6 Å². The summed E-state index contributed by atoms with van der Waals surface area (Å²) in [4.78, 5) is 26.7. The fraction of sp³-hybridized carbons (Fsp3) is 0.225. The summed E-state index contributed by atoms with van der Waals surface area (Å²) in [7, 11) is 0. The SMILES string of the molecule is CC(C)(C)c1ccc2c(c1)Oc1cccc(=CC3C(=O)C(=Cc4cccc5[o+]c6cc(C(C)(C)C)ccc6cc45)C3=O)c1=C2. The first kappa shape index (κ1) is 28.0. The van der Waals surface area contributed by atoms with Crippen LogP contribution in [0.25, 0.3) is 40.2 Å². The first-order chi connectivity index (χ1) is 20.9. The second kappa shape index (κ2) is 9.85. The van der Waals surface area contributed by atoms with Gasteiger partial charge in [-0.25, -0.2) is 4.42 Å². The lowest BCUT2D eigenvalue weighted by Crippen LogP contribution is -2.41. The number of rotatable bonds is 2. The summed E-state index contributed by atoms with van der Waals surface area (Å²) in [5.74, 6) is 0.358. The molecule has 1 aliphatic heterocycles. The average Bonchev–Trinajstić information content (AvgIpc) is 2.99. The monoisotopic (exact) mass is 579 g/mol. The van der Waals surface area contributed by atoms with Gasteiger partial charge in [-0.15, -0.1) is 0 Å². The molecule has 0 amide bonds. The highest BCUT2D eigenvalue weighted by molar-refractivity contribution is 6.43. The molecule has 0 N–H and O–H groups in total. The van der Waals surface area contributed by atoms with Crippen LogP contribution in [0.4, 0.5) is 0 Å². The molecule has 1 saturated carbocycles. The molecular formula is C40H35O4+. The summed E-state index contributed by atoms with van der Waals surface area (Å²) in [6.07, 6.45) is 5.56. The fourth-order valence-electron chi connectivity index (χ4n) is 5.97. The average molecular weight is 580 g/mol. The van der Waals surface area contributed by atoms with Gasteiger partial charge < -0.3 is 4.74 Å². The minimum absolute atomic E-state index is 0.00812. The van der Waals surface area contributed by atoms with Crippen LogP contribution in [0, 0.1) is 5.92 Å². The van der Waals surface area contributed by atoms with Crippen molar-refractivity contribution >= 4 is 51.7 Å². The molecular weight excluding hydrogens is 544 g/mol. The van der Waals surface area contributed by atoms with Gasteiger partial charge in [0.1, 0.15) is 17.4 Å². The number of fused-ring (bicyclic) bond motifs is 4. The third kappa shape index (κ3) is 4.75. The molecule has 7 rings (SSSR count). The maximum Gasteiger partial charge on any atom is 0.361 e. The van der Waals surface area contributed by atoms with E-state index in [-0.39, 0.29) is 28.0 Å². The Morgan fingerprint density at radius 3 is 2.18 bits per heavy atom. The Bertz CT molecular complexity index is 2190. The van der Waals surface area contributed by atoms with Crippen molar-refractivity contribution in [2.45, 2.75) is 52.4 Å². The van der Waals surface area contributed by atoms with E-state index in [0.29, 0.717) is 11.3 Å². The van der Waals surface area contributed by atoms with Crippen molar-refractivity contribution in [2.75, 3.05) is 0 Å². The molecule has 4 heteroatoms. The topological polar surface area (TPSA) is 54.7 Å². The van der Waals surface area contributed by atoms with E-state index in [1.54, 1.807) is 12.2 Å². The summed E-state index contributed by atoms with van der Waals surface area (Å²) < 4.78 is 12.6. The quantitative estimate of drug-likeness (QED) is 0.0685. The molecule has 1 aromatic heterocycles. The standard InChI is InChI=1S/C40H35O4/c1-39(2,3)27-15-13-25-19-29-23(9-7-11-33(29)43-35(25)21-27)17-31-37(41)32(38(31)42)18-24-10-8-12-34-30(24)20-26-14-16-28(40(4,5)6)22-36(26)44-34/h7-22,31H,1-6H3/q+1. The van der Waals surface area contributed by atoms with Gasteiger partial charge in [-0.3, -0.25) is 9.59 Å². The minimum atomic E-state index is -0.817. The van der Waals surface area contributed by atoms with Crippen molar-refractivity contribution in [1.82, 2.24) is 0 Å². The van der Waals surface area contributed by atoms with Gasteiger partial charge in [-0.05, 0) is 69.2 Å². The van der Waals surface area contributed by atoms with Crippen LogP contribution in [0.1, 0.15) is 63.8 Å². The lowest BCUT2D eigenvalue weighted by molar-refractivity contribution is -0.133. The Kier molecular flexibility index (Phi) is 6.26. The second-order valence-corrected chi connectivity index (χ2v) is 13.9. The van der Waals surface area contributed by atoms with E-state index in [4.69, 9.17) is 9.15 Å². The van der Waals surface area contributed by atoms with Crippen LogP contribution in [0.3, 0.4) is 0 Å². The molecule has 0 bridgehead atoms. The molecule has 2 aliphatic rings. The highest BCUT2D eigenvalue weighted by Gasteiger charge is 2.42. The van der Waals surface area contributed by atoms with Crippen LogP contribution in [0.15, 0.2) is 88.9 Å². The summed E-state index contributed by atoms with van der Waals surface area (Å²) >= 11 is 0. The third-order valence-corrected chi connectivity index (χ3v) is 8.74. The molecule has 1 fully saturated rings. The van der Waals surface area contributed by atoms with Crippen LogP contribution in [0.5, 0.6) is 11.5 Å². The van der Waals surface area contributed by atoms with Crippen molar-refractivity contribution in [1.29, 1.82) is 0 Å². The Balaban J connectivity index is 1.23. The van der Waals surface area contributed by atoms with Gasteiger partial charge in [0.25, 0.3) is 0 Å². The third-order valence-electron chi connectivity index (χ3n) is 8.74. The summed E-state index contributed by atoms with van der Waals surface area (Å²) in [5, 5.41) is 3.51. The fourth-order valence-corrected chi connectivity index (χ4v) is 5.97. The summed E-state index contributed by atoms with van der Waals surface area (Å²) in [5.41, 5.74) is 5.90. The number of benzene rings is 4. The van der Waals surface area contributed by atoms with Gasteiger partial charge in [-0.1, -0.05) is 90.1 Å². The van der Waals surface area contributed by atoms with Gasteiger partial charge >= 0.3 is 11.2 Å². The predicted molar refractivity (Wildman–Crippen MR) is 177 cm³/mol. The van der Waals surface area contributed by atoms with Crippen LogP contribution in [-0.2, 0) is 20.4 Å². The maximum atomic E-state index is 13.4.